The first-order chi connectivity index (χ1) is 12.8. The van der Waals surface area contributed by atoms with Gasteiger partial charge < -0.3 is 4.74 Å². The summed E-state index contributed by atoms with van der Waals surface area (Å²) in [5.41, 5.74) is -0.173. The van der Waals surface area contributed by atoms with Gasteiger partial charge in [0.15, 0.2) is 5.72 Å². The second-order valence-corrected chi connectivity index (χ2v) is 11.3. The zero-order valence-electron chi connectivity index (χ0n) is 18.2. The lowest BCUT2D eigenvalue weighted by atomic mass is 9.63. The van der Waals surface area contributed by atoms with Crippen LogP contribution in [0.15, 0.2) is 4.99 Å². The maximum absolute atomic E-state index is 7.15. The molecule has 0 N–H and O–H groups in total. The van der Waals surface area contributed by atoms with Gasteiger partial charge >= 0.3 is 0 Å². The Morgan fingerprint density at radius 1 is 1.00 bits per heavy atom. The van der Waals surface area contributed by atoms with E-state index in [0.29, 0.717) is 24.1 Å². The molecule has 0 aromatic heterocycles. The fourth-order valence-electron chi connectivity index (χ4n) is 7.88. The van der Waals surface area contributed by atoms with Crippen LogP contribution in [0.4, 0.5) is 0 Å². The number of ether oxygens (including phenoxy) is 1. The predicted octanol–water partition coefficient (Wildman–Crippen LogP) is 5.14. The van der Waals surface area contributed by atoms with Gasteiger partial charge in [-0.15, -0.1) is 0 Å². The summed E-state index contributed by atoms with van der Waals surface area (Å²) in [4.78, 5) is 7.93. The number of nitrogens with zero attached hydrogens (tertiary/aromatic N) is 2. The maximum Gasteiger partial charge on any atom is 0.163 e. The van der Waals surface area contributed by atoms with Gasteiger partial charge in [-0.25, -0.2) is 0 Å². The maximum atomic E-state index is 7.15. The van der Waals surface area contributed by atoms with Crippen molar-refractivity contribution in [3.63, 3.8) is 0 Å². The molecular formula is C24H40N2O. The molecule has 5 aliphatic rings. The van der Waals surface area contributed by atoms with Crippen LogP contribution in [0.3, 0.4) is 0 Å². The summed E-state index contributed by atoms with van der Waals surface area (Å²) in [6, 6.07) is 1.07. The molecule has 2 aliphatic heterocycles. The monoisotopic (exact) mass is 372 g/mol. The Labute approximate surface area is 166 Å². The van der Waals surface area contributed by atoms with Crippen LogP contribution in [0.5, 0.6) is 0 Å². The fraction of sp³-hybridized carbons (Fsp3) is 0.958. The molecule has 152 valence electrons. The minimum atomic E-state index is -0.297. The molecular weight excluding hydrogens is 332 g/mol. The highest BCUT2D eigenvalue weighted by Gasteiger charge is 2.66. The van der Waals surface area contributed by atoms with Crippen LogP contribution in [0.25, 0.3) is 0 Å². The Hall–Kier alpha value is -0.410. The number of rotatable bonds is 0. The summed E-state index contributed by atoms with van der Waals surface area (Å²) in [6.45, 7) is 9.84. The smallest absolute Gasteiger partial charge is 0.163 e. The van der Waals surface area contributed by atoms with Crippen LogP contribution in [0.2, 0.25) is 0 Å². The second-order valence-electron chi connectivity index (χ2n) is 11.3. The highest BCUT2D eigenvalue weighted by atomic mass is 16.5. The zero-order chi connectivity index (χ0) is 19.0. The van der Waals surface area contributed by atoms with E-state index < -0.39 is 0 Å². The summed E-state index contributed by atoms with van der Waals surface area (Å²) in [5, 5.41) is 0. The number of hydrogen-bond donors (Lipinski definition) is 0. The average Bonchev–Trinajstić information content (AvgIpc) is 2.81. The van der Waals surface area contributed by atoms with Gasteiger partial charge in [-0.3, -0.25) is 9.89 Å². The molecule has 5 rings (SSSR count). The van der Waals surface area contributed by atoms with Crippen molar-refractivity contribution in [1.82, 2.24) is 4.90 Å². The number of likely N-dealkylation sites (tertiary alicyclic amines) is 1. The van der Waals surface area contributed by atoms with Gasteiger partial charge in [-0.05, 0) is 68.7 Å². The quantitative estimate of drug-likeness (QED) is 0.588. The lowest BCUT2D eigenvalue weighted by molar-refractivity contribution is -0.193. The first-order valence-corrected chi connectivity index (χ1v) is 11.8. The molecule has 2 heterocycles. The Kier molecular flexibility index (Phi) is 4.34. The van der Waals surface area contributed by atoms with Crippen LogP contribution < -0.4 is 0 Å². The number of fused-ring (bicyclic) bond motifs is 4. The average molecular weight is 373 g/mol. The standard InChI is InChI=1S/C24H40N2O/c1-15-12-19-20(13-16(15)2)26(5)24(23(19,3)4)14-25-22-18-9-7-6-8-17(18)10-11-21(22)27-24/h14-22H,6-13H2,1-5H3. The molecule has 9 atom stereocenters. The molecule has 0 aromatic rings. The van der Waals surface area contributed by atoms with E-state index in [9.17, 15) is 0 Å². The number of hydrogen-bond acceptors (Lipinski definition) is 3. The molecule has 0 amide bonds. The molecule has 0 radical (unpaired) electrons. The van der Waals surface area contributed by atoms with E-state index in [0.717, 1.165) is 23.7 Å². The molecule has 3 heteroatoms. The van der Waals surface area contributed by atoms with E-state index in [1.165, 1.54) is 51.4 Å². The van der Waals surface area contributed by atoms with Crippen molar-refractivity contribution >= 4 is 6.21 Å². The first-order valence-electron chi connectivity index (χ1n) is 11.8. The van der Waals surface area contributed by atoms with Crippen LogP contribution in [0.1, 0.15) is 79.1 Å². The molecule has 3 nitrogen and oxygen atoms in total. The lowest BCUT2D eigenvalue weighted by Gasteiger charge is -2.53. The zero-order valence-corrected chi connectivity index (χ0v) is 18.2. The largest absolute Gasteiger partial charge is 0.349 e. The van der Waals surface area contributed by atoms with Crippen LogP contribution in [0, 0.1) is 35.0 Å². The molecule has 9 unspecified atom stereocenters. The summed E-state index contributed by atoms with van der Waals surface area (Å²) in [7, 11) is 2.33. The Morgan fingerprint density at radius 3 is 2.56 bits per heavy atom. The van der Waals surface area contributed by atoms with Gasteiger partial charge in [0.2, 0.25) is 0 Å². The van der Waals surface area contributed by atoms with Crippen molar-refractivity contribution in [2.75, 3.05) is 7.05 Å². The van der Waals surface area contributed by atoms with E-state index in [1.54, 1.807) is 0 Å². The Morgan fingerprint density at radius 2 is 1.74 bits per heavy atom. The third-order valence-corrected chi connectivity index (χ3v) is 9.91. The Bertz CT molecular complexity index is 616. The summed E-state index contributed by atoms with van der Waals surface area (Å²) in [5.74, 6) is 4.03. The van der Waals surface area contributed by atoms with Gasteiger partial charge in [0.05, 0.1) is 12.1 Å². The minimum Gasteiger partial charge on any atom is -0.349 e. The topological polar surface area (TPSA) is 24.8 Å². The molecule has 0 bridgehead atoms. The third kappa shape index (κ3) is 2.49. The molecule has 0 aromatic carbocycles. The summed E-state index contributed by atoms with van der Waals surface area (Å²) in [6.07, 6.45) is 13.5. The highest BCUT2D eigenvalue weighted by Crippen LogP contribution is 2.59. The summed E-state index contributed by atoms with van der Waals surface area (Å²) >= 11 is 0. The van der Waals surface area contributed by atoms with E-state index in [1.807, 2.05) is 0 Å². The molecule has 4 fully saturated rings. The molecule has 1 spiro atoms. The van der Waals surface area contributed by atoms with Crippen molar-refractivity contribution in [2.24, 2.45) is 40.0 Å². The lowest BCUT2D eigenvalue weighted by Crippen LogP contribution is -2.62. The van der Waals surface area contributed by atoms with Crippen molar-refractivity contribution in [2.45, 2.75) is 103 Å². The first kappa shape index (κ1) is 18.6. The van der Waals surface area contributed by atoms with Gasteiger partial charge in [0, 0.05) is 17.7 Å². The van der Waals surface area contributed by atoms with Crippen LogP contribution in [-0.2, 0) is 4.74 Å². The van der Waals surface area contributed by atoms with Crippen molar-refractivity contribution in [3.05, 3.63) is 0 Å². The van der Waals surface area contributed by atoms with E-state index in [2.05, 4.69) is 45.9 Å². The SMILES string of the molecule is CC1CC2C(CC1C)C(C)(C)C1(C=NC3C(CCC4CCCCC43)O1)N2C. The van der Waals surface area contributed by atoms with Crippen LogP contribution in [-0.4, -0.2) is 42.1 Å². The predicted molar refractivity (Wildman–Crippen MR) is 111 cm³/mol. The third-order valence-electron chi connectivity index (χ3n) is 9.91. The molecule has 3 saturated carbocycles. The Balaban J connectivity index is 1.48. The second kappa shape index (κ2) is 6.29. The van der Waals surface area contributed by atoms with E-state index in [-0.39, 0.29) is 11.1 Å². The van der Waals surface area contributed by atoms with Gasteiger partial charge in [-0.2, -0.15) is 0 Å². The van der Waals surface area contributed by atoms with Gasteiger partial charge in [-0.1, -0.05) is 47.0 Å². The van der Waals surface area contributed by atoms with E-state index >= 15 is 0 Å². The van der Waals surface area contributed by atoms with Gasteiger partial charge in [0.25, 0.3) is 0 Å². The van der Waals surface area contributed by atoms with Crippen molar-refractivity contribution in [3.8, 4) is 0 Å². The molecule has 1 saturated heterocycles. The van der Waals surface area contributed by atoms with Crippen molar-refractivity contribution < 1.29 is 4.74 Å². The normalized spacial score (nSPS) is 54.4. The van der Waals surface area contributed by atoms with Crippen LogP contribution >= 0.6 is 0 Å². The van der Waals surface area contributed by atoms with E-state index in [4.69, 9.17) is 9.73 Å². The summed E-state index contributed by atoms with van der Waals surface area (Å²) < 4.78 is 7.15. The fourth-order valence-corrected chi connectivity index (χ4v) is 7.88. The minimum absolute atomic E-state index is 0.124. The highest BCUT2D eigenvalue weighted by molar-refractivity contribution is 5.72. The molecule has 3 aliphatic carbocycles. The van der Waals surface area contributed by atoms with Gasteiger partial charge in [0.1, 0.15) is 0 Å². The molecule has 27 heavy (non-hydrogen) atoms. The van der Waals surface area contributed by atoms with Crippen molar-refractivity contribution in [1.29, 1.82) is 0 Å². The number of aliphatic imine (C=N–C) groups is 1.